The van der Waals surface area contributed by atoms with Gasteiger partial charge in [-0.25, -0.2) is 4.79 Å². The Morgan fingerprint density at radius 1 is 1.28 bits per heavy atom. The highest BCUT2D eigenvalue weighted by molar-refractivity contribution is 5.94. The lowest BCUT2D eigenvalue weighted by atomic mass is 9.75. The first-order chi connectivity index (χ1) is 8.62. The van der Waals surface area contributed by atoms with Crippen molar-refractivity contribution in [3.63, 3.8) is 0 Å². The molecule has 1 spiro atoms. The standard InChI is InChI=1S/C14H14O4/c15-12(16)9-5-7-14(8-6-9)11-4-2-1-3-10(11)13(17)18-14/h1-4,9H,5-8H2,(H,15,16)/t9-,14-. The third-order valence-electron chi connectivity index (χ3n) is 4.07. The lowest BCUT2D eigenvalue weighted by Gasteiger charge is -2.35. The Balaban J connectivity index is 1.91. The first-order valence-corrected chi connectivity index (χ1v) is 6.18. The van der Waals surface area contributed by atoms with Crippen LogP contribution >= 0.6 is 0 Å². The van der Waals surface area contributed by atoms with Gasteiger partial charge in [0, 0.05) is 5.56 Å². The zero-order chi connectivity index (χ0) is 12.8. The number of rotatable bonds is 1. The van der Waals surface area contributed by atoms with Crippen LogP contribution in [0.2, 0.25) is 0 Å². The second-order valence-corrected chi connectivity index (χ2v) is 5.04. The van der Waals surface area contributed by atoms with Gasteiger partial charge in [-0.3, -0.25) is 4.79 Å². The van der Waals surface area contributed by atoms with Crippen molar-refractivity contribution in [1.29, 1.82) is 0 Å². The second kappa shape index (κ2) is 3.83. The fourth-order valence-electron chi connectivity index (χ4n) is 3.05. The molecule has 18 heavy (non-hydrogen) atoms. The topological polar surface area (TPSA) is 63.6 Å². The van der Waals surface area contributed by atoms with Gasteiger partial charge in [-0.1, -0.05) is 18.2 Å². The van der Waals surface area contributed by atoms with Gasteiger partial charge in [0.15, 0.2) is 0 Å². The molecule has 1 fully saturated rings. The Kier molecular flexibility index (Phi) is 2.40. The van der Waals surface area contributed by atoms with Crippen LogP contribution < -0.4 is 0 Å². The molecule has 1 aromatic carbocycles. The number of carbonyl (C=O) groups excluding carboxylic acids is 1. The summed E-state index contributed by atoms with van der Waals surface area (Å²) in [7, 11) is 0. The number of esters is 1. The molecule has 0 aromatic heterocycles. The van der Waals surface area contributed by atoms with E-state index in [0.29, 0.717) is 31.2 Å². The fraction of sp³-hybridized carbons (Fsp3) is 0.429. The maximum absolute atomic E-state index is 11.8. The van der Waals surface area contributed by atoms with Gasteiger partial charge in [0.1, 0.15) is 5.60 Å². The normalized spacial score (nSPS) is 30.0. The molecule has 0 saturated heterocycles. The quantitative estimate of drug-likeness (QED) is 0.772. The van der Waals surface area contributed by atoms with Crippen molar-refractivity contribution >= 4 is 11.9 Å². The van der Waals surface area contributed by atoms with E-state index in [-0.39, 0.29) is 11.9 Å². The Morgan fingerprint density at radius 2 is 1.94 bits per heavy atom. The Bertz CT molecular complexity index is 512. The summed E-state index contributed by atoms with van der Waals surface area (Å²) in [6, 6.07) is 7.41. The lowest BCUT2D eigenvalue weighted by molar-refractivity contribution is -0.144. The maximum atomic E-state index is 11.8. The summed E-state index contributed by atoms with van der Waals surface area (Å²) in [5, 5.41) is 9.01. The fourth-order valence-corrected chi connectivity index (χ4v) is 3.05. The van der Waals surface area contributed by atoms with Crippen LogP contribution in [0.4, 0.5) is 0 Å². The van der Waals surface area contributed by atoms with Crippen LogP contribution in [0, 0.1) is 5.92 Å². The molecule has 1 aromatic rings. The van der Waals surface area contributed by atoms with Gasteiger partial charge < -0.3 is 9.84 Å². The summed E-state index contributed by atoms with van der Waals surface area (Å²) in [4.78, 5) is 22.8. The monoisotopic (exact) mass is 246 g/mol. The minimum Gasteiger partial charge on any atom is -0.481 e. The molecular weight excluding hydrogens is 232 g/mol. The van der Waals surface area contributed by atoms with E-state index in [1.54, 1.807) is 6.07 Å². The number of hydrogen-bond acceptors (Lipinski definition) is 3. The minimum atomic E-state index is -0.748. The number of ether oxygens (including phenoxy) is 1. The van der Waals surface area contributed by atoms with Crippen molar-refractivity contribution in [3.05, 3.63) is 35.4 Å². The van der Waals surface area contributed by atoms with Crippen molar-refractivity contribution in [2.24, 2.45) is 5.92 Å². The minimum absolute atomic E-state index is 0.278. The third-order valence-corrected chi connectivity index (χ3v) is 4.07. The molecule has 1 N–H and O–H groups in total. The molecule has 0 unspecified atom stereocenters. The van der Waals surface area contributed by atoms with Crippen molar-refractivity contribution in [3.8, 4) is 0 Å². The summed E-state index contributed by atoms with van der Waals surface area (Å²) in [6.07, 6.45) is 2.34. The molecule has 3 rings (SSSR count). The SMILES string of the molecule is O=C1O[C@]2(CC[C@H](C(=O)O)CC2)c2ccccc21. The molecular formula is C14H14O4. The van der Waals surface area contributed by atoms with E-state index < -0.39 is 11.6 Å². The number of hydrogen-bond donors (Lipinski definition) is 1. The smallest absolute Gasteiger partial charge is 0.339 e. The molecule has 0 amide bonds. The lowest BCUT2D eigenvalue weighted by Crippen LogP contribution is -2.34. The molecule has 2 aliphatic rings. The second-order valence-electron chi connectivity index (χ2n) is 5.04. The largest absolute Gasteiger partial charge is 0.481 e. The van der Waals surface area contributed by atoms with E-state index in [0.717, 1.165) is 5.56 Å². The summed E-state index contributed by atoms with van der Waals surface area (Å²) in [5.41, 5.74) is 0.990. The van der Waals surface area contributed by atoms with E-state index in [4.69, 9.17) is 9.84 Å². The zero-order valence-corrected chi connectivity index (χ0v) is 9.89. The summed E-state index contributed by atoms with van der Waals surface area (Å²) < 4.78 is 5.56. The van der Waals surface area contributed by atoms with E-state index in [9.17, 15) is 9.59 Å². The molecule has 1 aliphatic heterocycles. The average Bonchev–Trinajstić information content (AvgIpc) is 2.64. The highest BCUT2D eigenvalue weighted by Gasteiger charge is 2.48. The molecule has 1 saturated carbocycles. The van der Waals surface area contributed by atoms with Gasteiger partial charge in [0.2, 0.25) is 0 Å². The van der Waals surface area contributed by atoms with Crippen LogP contribution in [0.3, 0.4) is 0 Å². The summed E-state index contributed by atoms with van der Waals surface area (Å²) in [6.45, 7) is 0. The Hall–Kier alpha value is -1.84. The third kappa shape index (κ3) is 1.52. The number of carboxylic acids is 1. The van der Waals surface area contributed by atoms with Crippen LogP contribution in [0.5, 0.6) is 0 Å². The number of carbonyl (C=O) groups is 2. The van der Waals surface area contributed by atoms with Crippen molar-refractivity contribution in [2.75, 3.05) is 0 Å². The molecule has 0 atom stereocenters. The maximum Gasteiger partial charge on any atom is 0.339 e. The van der Waals surface area contributed by atoms with E-state index >= 15 is 0 Å². The molecule has 4 heteroatoms. The Morgan fingerprint density at radius 3 is 2.61 bits per heavy atom. The van der Waals surface area contributed by atoms with Crippen LogP contribution in [0.1, 0.15) is 41.6 Å². The molecule has 4 nitrogen and oxygen atoms in total. The van der Waals surface area contributed by atoms with Gasteiger partial charge in [-0.15, -0.1) is 0 Å². The van der Waals surface area contributed by atoms with Gasteiger partial charge in [-0.05, 0) is 31.7 Å². The van der Waals surface area contributed by atoms with Gasteiger partial charge in [0.05, 0.1) is 11.5 Å². The first kappa shape index (κ1) is 11.3. The molecule has 1 aliphatic carbocycles. The van der Waals surface area contributed by atoms with Gasteiger partial charge in [-0.2, -0.15) is 0 Å². The van der Waals surface area contributed by atoms with Crippen LogP contribution in [0.15, 0.2) is 24.3 Å². The van der Waals surface area contributed by atoms with Gasteiger partial charge in [0.25, 0.3) is 0 Å². The highest BCUT2D eigenvalue weighted by Crippen LogP contribution is 2.47. The van der Waals surface area contributed by atoms with Crippen LogP contribution in [-0.2, 0) is 15.1 Å². The summed E-state index contributed by atoms with van der Waals surface area (Å²) >= 11 is 0. The van der Waals surface area contributed by atoms with E-state index in [2.05, 4.69) is 0 Å². The molecule has 0 radical (unpaired) electrons. The predicted molar refractivity (Wildman–Crippen MR) is 63.1 cm³/mol. The Labute approximate surface area is 105 Å². The number of fused-ring (bicyclic) bond motifs is 2. The molecule has 0 bridgehead atoms. The van der Waals surface area contributed by atoms with Crippen molar-refractivity contribution in [1.82, 2.24) is 0 Å². The predicted octanol–water partition coefficient (Wildman–Crippen LogP) is 2.33. The van der Waals surface area contributed by atoms with Crippen molar-refractivity contribution in [2.45, 2.75) is 31.3 Å². The molecule has 1 heterocycles. The number of aliphatic carboxylic acids is 1. The average molecular weight is 246 g/mol. The zero-order valence-electron chi connectivity index (χ0n) is 9.89. The van der Waals surface area contributed by atoms with Crippen LogP contribution in [0.25, 0.3) is 0 Å². The summed E-state index contributed by atoms with van der Waals surface area (Å²) in [5.74, 6) is -1.33. The van der Waals surface area contributed by atoms with Crippen molar-refractivity contribution < 1.29 is 19.4 Å². The number of carboxylic acid groups (broad SMARTS) is 1. The van der Waals surface area contributed by atoms with Gasteiger partial charge >= 0.3 is 11.9 Å². The van der Waals surface area contributed by atoms with E-state index in [1.807, 2.05) is 18.2 Å². The van der Waals surface area contributed by atoms with E-state index in [1.165, 1.54) is 0 Å². The first-order valence-electron chi connectivity index (χ1n) is 6.18. The highest BCUT2D eigenvalue weighted by atomic mass is 16.6. The number of benzene rings is 1. The van der Waals surface area contributed by atoms with Crippen LogP contribution in [-0.4, -0.2) is 17.0 Å². The molecule has 94 valence electrons.